The molecule has 0 saturated carbocycles. The number of rotatable bonds is 3. The summed E-state index contributed by atoms with van der Waals surface area (Å²) in [6, 6.07) is 15.1. The van der Waals surface area contributed by atoms with Gasteiger partial charge in [0.25, 0.3) is 0 Å². The van der Waals surface area contributed by atoms with E-state index in [2.05, 4.69) is 21.4 Å². The Morgan fingerprint density at radius 1 is 1.25 bits per heavy atom. The quantitative estimate of drug-likeness (QED) is 0.770. The molecule has 0 atom stereocenters. The molecule has 2 N–H and O–H groups in total. The first-order chi connectivity index (χ1) is 9.76. The number of nitrogens with zero attached hydrogens (tertiary/aromatic N) is 2. The molecule has 0 saturated heterocycles. The van der Waals surface area contributed by atoms with Gasteiger partial charge in [0.1, 0.15) is 0 Å². The van der Waals surface area contributed by atoms with Crippen LogP contribution in [0.25, 0.3) is 11.0 Å². The van der Waals surface area contributed by atoms with Crippen LogP contribution >= 0.6 is 11.6 Å². The number of anilines is 1. The number of aromatic amines is 1. The van der Waals surface area contributed by atoms with Crippen molar-refractivity contribution in [3.05, 3.63) is 58.6 Å². The van der Waals surface area contributed by atoms with Gasteiger partial charge in [-0.05, 0) is 29.8 Å². The Balaban J connectivity index is 1.82. The molecule has 3 rings (SSSR count). The molecule has 0 aliphatic carbocycles. The second-order valence-corrected chi connectivity index (χ2v) is 4.78. The lowest BCUT2D eigenvalue weighted by molar-refractivity contribution is 1.10. The van der Waals surface area contributed by atoms with Crippen LogP contribution in [0.2, 0.25) is 5.02 Å². The van der Waals surface area contributed by atoms with Gasteiger partial charge in [-0.1, -0.05) is 29.8 Å². The van der Waals surface area contributed by atoms with E-state index in [0.717, 1.165) is 21.6 Å². The summed E-state index contributed by atoms with van der Waals surface area (Å²) >= 11 is 6.10. The van der Waals surface area contributed by atoms with E-state index >= 15 is 0 Å². The van der Waals surface area contributed by atoms with Crippen LogP contribution in [0.1, 0.15) is 11.1 Å². The van der Waals surface area contributed by atoms with E-state index in [1.165, 1.54) is 0 Å². The number of hydrogen-bond donors (Lipinski definition) is 2. The first-order valence-electron chi connectivity index (χ1n) is 6.13. The summed E-state index contributed by atoms with van der Waals surface area (Å²) in [7, 11) is 0. The van der Waals surface area contributed by atoms with E-state index in [4.69, 9.17) is 16.9 Å². The molecular formula is C15H11ClN4. The molecule has 1 heterocycles. The highest BCUT2D eigenvalue weighted by Crippen LogP contribution is 2.18. The molecule has 0 unspecified atom stereocenters. The fourth-order valence-corrected chi connectivity index (χ4v) is 2.19. The van der Waals surface area contributed by atoms with Crippen molar-refractivity contribution in [3.8, 4) is 6.07 Å². The summed E-state index contributed by atoms with van der Waals surface area (Å²) in [5, 5.41) is 12.8. The maximum Gasteiger partial charge on any atom is 0.201 e. The second-order valence-electron chi connectivity index (χ2n) is 4.37. The van der Waals surface area contributed by atoms with Crippen LogP contribution in [0.15, 0.2) is 42.5 Å². The number of hydrogen-bond acceptors (Lipinski definition) is 3. The minimum Gasteiger partial charge on any atom is -0.352 e. The smallest absolute Gasteiger partial charge is 0.201 e. The minimum atomic E-state index is 0.588. The summed E-state index contributed by atoms with van der Waals surface area (Å²) < 4.78 is 0. The lowest BCUT2D eigenvalue weighted by Crippen LogP contribution is -2.01. The zero-order valence-electron chi connectivity index (χ0n) is 10.5. The Hall–Kier alpha value is -2.51. The molecule has 0 fully saturated rings. The maximum absolute atomic E-state index is 8.87. The van der Waals surface area contributed by atoms with Gasteiger partial charge in [-0.3, -0.25) is 0 Å². The third-order valence-corrected chi connectivity index (χ3v) is 3.38. The van der Waals surface area contributed by atoms with Crippen LogP contribution in [0.4, 0.5) is 5.95 Å². The van der Waals surface area contributed by atoms with Crippen LogP contribution in [-0.4, -0.2) is 9.97 Å². The molecule has 4 nitrogen and oxygen atoms in total. The predicted molar refractivity (Wildman–Crippen MR) is 79.6 cm³/mol. The topological polar surface area (TPSA) is 64.5 Å². The third-order valence-electron chi connectivity index (χ3n) is 3.02. The number of H-pyrrole nitrogens is 1. The van der Waals surface area contributed by atoms with Crippen molar-refractivity contribution >= 4 is 28.6 Å². The van der Waals surface area contributed by atoms with Gasteiger partial charge in [0.05, 0.1) is 22.7 Å². The molecule has 3 aromatic rings. The Kier molecular flexibility index (Phi) is 3.28. The van der Waals surface area contributed by atoms with Gasteiger partial charge in [-0.2, -0.15) is 5.26 Å². The van der Waals surface area contributed by atoms with E-state index < -0.39 is 0 Å². The van der Waals surface area contributed by atoms with E-state index in [1.807, 2.05) is 30.3 Å². The van der Waals surface area contributed by atoms with Gasteiger partial charge < -0.3 is 10.3 Å². The molecule has 5 heteroatoms. The van der Waals surface area contributed by atoms with Crippen molar-refractivity contribution in [3.63, 3.8) is 0 Å². The lowest BCUT2D eigenvalue weighted by Gasteiger charge is -2.04. The van der Waals surface area contributed by atoms with Gasteiger partial charge >= 0.3 is 0 Å². The predicted octanol–water partition coefficient (Wildman–Crippen LogP) is 3.70. The molecule has 0 aliphatic rings. The molecule has 0 radical (unpaired) electrons. The zero-order valence-corrected chi connectivity index (χ0v) is 11.3. The number of halogens is 1. The average Bonchev–Trinajstić information content (AvgIpc) is 2.88. The van der Waals surface area contributed by atoms with Crippen LogP contribution in [-0.2, 0) is 6.54 Å². The van der Waals surface area contributed by atoms with Gasteiger partial charge in [-0.25, -0.2) is 4.98 Å². The second kappa shape index (κ2) is 5.24. The number of aromatic nitrogens is 2. The van der Waals surface area contributed by atoms with Crippen LogP contribution in [0, 0.1) is 11.3 Å². The lowest BCUT2D eigenvalue weighted by atomic mass is 10.2. The Morgan fingerprint density at radius 2 is 2.10 bits per heavy atom. The van der Waals surface area contributed by atoms with Crippen molar-refractivity contribution in [2.24, 2.45) is 0 Å². The summed E-state index contributed by atoms with van der Waals surface area (Å²) in [5.74, 6) is 0.662. The van der Waals surface area contributed by atoms with E-state index in [-0.39, 0.29) is 0 Å². The highest BCUT2D eigenvalue weighted by atomic mass is 35.5. The number of fused-ring (bicyclic) bond motifs is 1. The van der Waals surface area contributed by atoms with Crippen LogP contribution in [0.3, 0.4) is 0 Å². The number of nitriles is 1. The van der Waals surface area contributed by atoms with E-state index in [1.54, 1.807) is 12.1 Å². The maximum atomic E-state index is 8.87. The molecule has 98 valence electrons. The van der Waals surface area contributed by atoms with Crippen molar-refractivity contribution < 1.29 is 0 Å². The highest BCUT2D eigenvalue weighted by Gasteiger charge is 2.04. The van der Waals surface area contributed by atoms with Gasteiger partial charge in [0, 0.05) is 11.6 Å². The molecule has 20 heavy (non-hydrogen) atoms. The van der Waals surface area contributed by atoms with E-state index in [0.29, 0.717) is 18.1 Å². The Labute approximate surface area is 121 Å². The molecule has 1 aromatic heterocycles. The van der Waals surface area contributed by atoms with Gasteiger partial charge in [0.15, 0.2) is 0 Å². The normalized spacial score (nSPS) is 10.4. The first kappa shape index (κ1) is 12.5. The van der Waals surface area contributed by atoms with Crippen molar-refractivity contribution in [2.75, 3.05) is 5.32 Å². The molecule has 0 aliphatic heterocycles. The van der Waals surface area contributed by atoms with Gasteiger partial charge in [0.2, 0.25) is 5.95 Å². The number of benzene rings is 2. The molecule has 0 spiro atoms. The van der Waals surface area contributed by atoms with Crippen molar-refractivity contribution in [1.29, 1.82) is 5.26 Å². The summed E-state index contributed by atoms with van der Waals surface area (Å²) in [6.07, 6.45) is 0. The third kappa shape index (κ3) is 2.44. The Morgan fingerprint density at radius 3 is 2.90 bits per heavy atom. The summed E-state index contributed by atoms with van der Waals surface area (Å²) in [6.45, 7) is 0.588. The highest BCUT2D eigenvalue weighted by molar-refractivity contribution is 6.31. The monoisotopic (exact) mass is 282 g/mol. The first-order valence-corrected chi connectivity index (χ1v) is 6.51. The standard InChI is InChI=1S/C15H11ClN4/c16-12-4-2-1-3-11(12)9-18-15-19-13-6-5-10(8-17)7-14(13)20-15/h1-7H,9H2,(H2,18,19,20). The summed E-state index contributed by atoms with van der Waals surface area (Å²) in [5.41, 5.74) is 3.28. The van der Waals surface area contributed by atoms with Crippen LogP contribution in [0.5, 0.6) is 0 Å². The number of imidazole rings is 1. The van der Waals surface area contributed by atoms with Crippen LogP contribution < -0.4 is 5.32 Å². The molecule has 0 amide bonds. The van der Waals surface area contributed by atoms with Crippen molar-refractivity contribution in [2.45, 2.75) is 6.54 Å². The minimum absolute atomic E-state index is 0.588. The van der Waals surface area contributed by atoms with Crippen molar-refractivity contribution in [1.82, 2.24) is 9.97 Å². The molecule has 2 aromatic carbocycles. The molecule has 0 bridgehead atoms. The largest absolute Gasteiger partial charge is 0.352 e. The van der Waals surface area contributed by atoms with E-state index in [9.17, 15) is 0 Å². The fraction of sp³-hybridized carbons (Fsp3) is 0.0667. The average molecular weight is 283 g/mol. The fourth-order valence-electron chi connectivity index (χ4n) is 1.98. The molecular weight excluding hydrogens is 272 g/mol. The number of nitrogens with one attached hydrogen (secondary N) is 2. The Bertz CT molecular complexity index is 801. The zero-order chi connectivity index (χ0) is 13.9. The SMILES string of the molecule is N#Cc1ccc2nc(NCc3ccccc3Cl)[nH]c2c1. The van der Waals surface area contributed by atoms with Gasteiger partial charge in [-0.15, -0.1) is 0 Å². The summed E-state index contributed by atoms with van der Waals surface area (Å²) in [4.78, 5) is 7.56.